The first kappa shape index (κ1) is 12.9. The van der Waals surface area contributed by atoms with E-state index in [1.165, 1.54) is 12.8 Å². The molecule has 0 aliphatic carbocycles. The van der Waals surface area contributed by atoms with Crippen LogP contribution in [0, 0.1) is 0 Å². The van der Waals surface area contributed by atoms with Crippen molar-refractivity contribution in [1.82, 2.24) is 5.32 Å². The molecule has 0 spiro atoms. The van der Waals surface area contributed by atoms with E-state index in [2.05, 4.69) is 19.2 Å². The average Bonchev–Trinajstić information content (AvgIpc) is 2.12. The van der Waals surface area contributed by atoms with Gasteiger partial charge in [-0.05, 0) is 12.8 Å². The van der Waals surface area contributed by atoms with Crippen molar-refractivity contribution in [3.8, 4) is 0 Å². The summed E-state index contributed by atoms with van der Waals surface area (Å²) in [5.41, 5.74) is 0. The predicted octanol–water partition coefficient (Wildman–Crippen LogP) is 2.58. The monoisotopic (exact) mass is 187 g/mol. The smallest absolute Gasteiger partial charge is 0.0827 e. The Hall–Kier alpha value is -0.0800. The van der Waals surface area contributed by atoms with Crippen LogP contribution < -0.4 is 5.32 Å². The molecule has 1 heterocycles. The maximum Gasteiger partial charge on any atom is 0.0827 e. The van der Waals surface area contributed by atoms with Crippen molar-refractivity contribution in [2.75, 3.05) is 13.1 Å². The lowest BCUT2D eigenvalue weighted by Crippen LogP contribution is -2.49. The Kier molecular flexibility index (Phi) is 8.46. The summed E-state index contributed by atoms with van der Waals surface area (Å²) in [4.78, 5) is 0. The number of nitrogens with one attached hydrogen (secondary N) is 1. The number of hydrogen-bond acceptors (Lipinski definition) is 2. The molecule has 1 N–H and O–H groups in total. The van der Waals surface area contributed by atoms with Crippen LogP contribution in [0.3, 0.4) is 0 Å². The molecule has 2 heteroatoms. The third-order valence-electron chi connectivity index (χ3n) is 2.19. The van der Waals surface area contributed by atoms with E-state index in [1.807, 2.05) is 13.8 Å². The van der Waals surface area contributed by atoms with Crippen molar-refractivity contribution in [3.05, 3.63) is 0 Å². The summed E-state index contributed by atoms with van der Waals surface area (Å²) >= 11 is 0. The van der Waals surface area contributed by atoms with Crippen LogP contribution in [0.25, 0.3) is 0 Å². The van der Waals surface area contributed by atoms with Gasteiger partial charge in [-0.3, -0.25) is 0 Å². The van der Waals surface area contributed by atoms with Gasteiger partial charge >= 0.3 is 0 Å². The molecule has 1 rings (SSSR count). The molecule has 1 fully saturated rings. The van der Waals surface area contributed by atoms with Gasteiger partial charge in [-0.25, -0.2) is 0 Å². The Balaban J connectivity index is 0.000000671. The minimum absolute atomic E-state index is 0.506. The number of ether oxygens (including phenoxy) is 1. The van der Waals surface area contributed by atoms with Crippen molar-refractivity contribution in [3.63, 3.8) is 0 Å². The van der Waals surface area contributed by atoms with Gasteiger partial charge in [0.05, 0.1) is 12.2 Å². The van der Waals surface area contributed by atoms with Gasteiger partial charge < -0.3 is 10.1 Å². The van der Waals surface area contributed by atoms with Crippen molar-refractivity contribution in [1.29, 1.82) is 0 Å². The van der Waals surface area contributed by atoms with Crippen LogP contribution in [-0.4, -0.2) is 25.3 Å². The fourth-order valence-corrected chi connectivity index (χ4v) is 1.32. The molecular formula is C11H25NO. The first-order valence-electron chi connectivity index (χ1n) is 5.73. The van der Waals surface area contributed by atoms with Crippen molar-refractivity contribution in [2.45, 2.75) is 59.2 Å². The second-order valence-electron chi connectivity index (χ2n) is 3.24. The molecule has 0 aromatic rings. The zero-order valence-electron chi connectivity index (χ0n) is 9.60. The molecule has 13 heavy (non-hydrogen) atoms. The molecule has 1 atom stereocenters. The average molecular weight is 187 g/mol. The lowest BCUT2D eigenvalue weighted by molar-refractivity contribution is -0.0423. The maximum atomic E-state index is 5.81. The predicted molar refractivity (Wildman–Crippen MR) is 58.1 cm³/mol. The van der Waals surface area contributed by atoms with Crippen LogP contribution in [0.2, 0.25) is 0 Å². The van der Waals surface area contributed by atoms with E-state index in [0.717, 1.165) is 19.5 Å². The van der Waals surface area contributed by atoms with Gasteiger partial charge in [0.2, 0.25) is 0 Å². The molecule has 1 unspecified atom stereocenters. The largest absolute Gasteiger partial charge is 0.372 e. The summed E-state index contributed by atoms with van der Waals surface area (Å²) in [5, 5.41) is 3.21. The third-order valence-corrected chi connectivity index (χ3v) is 2.19. The van der Waals surface area contributed by atoms with E-state index in [1.54, 1.807) is 0 Å². The van der Waals surface area contributed by atoms with Crippen LogP contribution in [0.1, 0.15) is 47.0 Å². The van der Waals surface area contributed by atoms with Crippen LogP contribution >= 0.6 is 0 Å². The van der Waals surface area contributed by atoms with E-state index in [-0.39, 0.29) is 0 Å². The molecule has 0 aromatic heterocycles. The molecule has 0 aromatic carbocycles. The molecule has 1 aliphatic heterocycles. The standard InChI is InChI=1S/C9H19NO.C2H6/c1-3-5-8(4-2)11-9-6-10-7-9;1-2/h8-10H,3-7H2,1-2H3;1-2H3. The lowest BCUT2D eigenvalue weighted by Gasteiger charge is -2.31. The fourth-order valence-electron chi connectivity index (χ4n) is 1.32. The summed E-state index contributed by atoms with van der Waals surface area (Å²) in [5.74, 6) is 0. The lowest BCUT2D eigenvalue weighted by atomic mass is 10.1. The first-order valence-corrected chi connectivity index (χ1v) is 5.73. The molecule has 0 radical (unpaired) electrons. The minimum Gasteiger partial charge on any atom is -0.372 e. The minimum atomic E-state index is 0.506. The summed E-state index contributed by atoms with van der Waals surface area (Å²) in [6, 6.07) is 0. The normalized spacial score (nSPS) is 18.5. The van der Waals surface area contributed by atoms with Crippen LogP contribution in [0.15, 0.2) is 0 Å². The van der Waals surface area contributed by atoms with Gasteiger partial charge in [0, 0.05) is 13.1 Å². The van der Waals surface area contributed by atoms with Crippen molar-refractivity contribution >= 4 is 0 Å². The number of hydrogen-bond donors (Lipinski definition) is 1. The molecule has 0 saturated carbocycles. The molecular weight excluding hydrogens is 162 g/mol. The van der Waals surface area contributed by atoms with Crippen LogP contribution in [0.4, 0.5) is 0 Å². The highest BCUT2D eigenvalue weighted by Gasteiger charge is 2.20. The second kappa shape index (κ2) is 8.52. The van der Waals surface area contributed by atoms with Crippen LogP contribution in [0.5, 0.6) is 0 Å². The molecule has 1 saturated heterocycles. The molecule has 80 valence electrons. The molecule has 0 bridgehead atoms. The number of rotatable bonds is 5. The highest BCUT2D eigenvalue weighted by atomic mass is 16.5. The van der Waals surface area contributed by atoms with Gasteiger partial charge in [-0.15, -0.1) is 0 Å². The second-order valence-corrected chi connectivity index (χ2v) is 3.24. The first-order chi connectivity index (χ1) is 6.36. The van der Waals surface area contributed by atoms with E-state index < -0.39 is 0 Å². The zero-order chi connectivity index (χ0) is 10.1. The van der Waals surface area contributed by atoms with Gasteiger partial charge in [0.25, 0.3) is 0 Å². The topological polar surface area (TPSA) is 21.3 Å². The fraction of sp³-hybridized carbons (Fsp3) is 1.00. The highest BCUT2D eigenvalue weighted by molar-refractivity contribution is 4.76. The quantitative estimate of drug-likeness (QED) is 0.714. The SMILES string of the molecule is CC.CCCC(CC)OC1CNC1. The summed E-state index contributed by atoms with van der Waals surface area (Å²) in [6.45, 7) is 10.5. The molecule has 1 aliphatic rings. The van der Waals surface area contributed by atoms with E-state index in [9.17, 15) is 0 Å². The summed E-state index contributed by atoms with van der Waals surface area (Å²) in [7, 11) is 0. The Morgan fingerprint density at radius 3 is 2.23 bits per heavy atom. The summed E-state index contributed by atoms with van der Waals surface area (Å²) in [6.07, 6.45) is 4.62. The van der Waals surface area contributed by atoms with Gasteiger partial charge in [-0.2, -0.15) is 0 Å². The Labute approximate surface area is 83.1 Å². The van der Waals surface area contributed by atoms with Gasteiger partial charge in [0.15, 0.2) is 0 Å². The van der Waals surface area contributed by atoms with E-state index in [4.69, 9.17) is 4.74 Å². The van der Waals surface area contributed by atoms with Gasteiger partial charge in [0.1, 0.15) is 0 Å². The van der Waals surface area contributed by atoms with Gasteiger partial charge in [-0.1, -0.05) is 34.1 Å². The Morgan fingerprint density at radius 1 is 1.31 bits per heavy atom. The zero-order valence-corrected chi connectivity index (χ0v) is 9.60. The summed E-state index contributed by atoms with van der Waals surface area (Å²) < 4.78 is 5.81. The highest BCUT2D eigenvalue weighted by Crippen LogP contribution is 2.11. The molecule has 2 nitrogen and oxygen atoms in total. The third kappa shape index (κ3) is 5.27. The Bertz CT molecular complexity index is 102. The Morgan fingerprint density at radius 2 is 1.92 bits per heavy atom. The van der Waals surface area contributed by atoms with E-state index in [0.29, 0.717) is 12.2 Å². The molecule has 0 amide bonds. The van der Waals surface area contributed by atoms with Crippen molar-refractivity contribution < 1.29 is 4.74 Å². The van der Waals surface area contributed by atoms with E-state index >= 15 is 0 Å². The maximum absolute atomic E-state index is 5.81. The van der Waals surface area contributed by atoms with Crippen molar-refractivity contribution in [2.24, 2.45) is 0 Å². The van der Waals surface area contributed by atoms with Crippen LogP contribution in [-0.2, 0) is 4.74 Å².